The van der Waals surface area contributed by atoms with Gasteiger partial charge in [-0.15, -0.1) is 0 Å². The second-order valence-corrected chi connectivity index (χ2v) is 6.90. The van der Waals surface area contributed by atoms with Gasteiger partial charge < -0.3 is 5.73 Å². The molecule has 0 atom stereocenters. The lowest BCUT2D eigenvalue weighted by Crippen LogP contribution is -2.16. The lowest BCUT2D eigenvalue weighted by atomic mass is 10.1. The van der Waals surface area contributed by atoms with Gasteiger partial charge in [-0.2, -0.15) is 5.10 Å². The number of nitrogens with two attached hydrogens (primary N) is 1. The van der Waals surface area contributed by atoms with Crippen LogP contribution in [0.15, 0.2) is 24.3 Å². The number of hydrogen-bond acceptors (Lipinski definition) is 4. The third-order valence-corrected chi connectivity index (χ3v) is 4.42. The number of hydrogen-bond donors (Lipinski definition) is 3. The Morgan fingerprint density at radius 1 is 1.43 bits per heavy atom. The molecule has 0 fully saturated rings. The van der Waals surface area contributed by atoms with Crippen LogP contribution in [0.5, 0.6) is 0 Å². The summed E-state index contributed by atoms with van der Waals surface area (Å²) in [5.41, 5.74) is 8.58. The number of aromatic amines is 1. The van der Waals surface area contributed by atoms with Crippen LogP contribution in [-0.4, -0.2) is 23.6 Å². The van der Waals surface area contributed by atoms with Crippen LogP contribution in [0.4, 0.5) is 5.69 Å². The highest BCUT2D eigenvalue weighted by Crippen LogP contribution is 2.19. The van der Waals surface area contributed by atoms with Crippen molar-refractivity contribution in [3.63, 3.8) is 0 Å². The van der Waals surface area contributed by atoms with E-state index in [0.717, 1.165) is 0 Å². The molecular weight excluding hydrogens is 308 g/mol. The molecule has 1 aromatic carbocycles. The number of sulfonamides is 1. The third kappa shape index (κ3) is 3.79. The van der Waals surface area contributed by atoms with Gasteiger partial charge >= 0.3 is 0 Å². The van der Waals surface area contributed by atoms with E-state index in [4.69, 9.17) is 18.0 Å². The zero-order chi connectivity index (χ0) is 15.6. The van der Waals surface area contributed by atoms with Crippen molar-refractivity contribution in [1.29, 1.82) is 0 Å². The molecule has 0 saturated heterocycles. The summed E-state index contributed by atoms with van der Waals surface area (Å²) >= 11 is 4.89. The molecule has 2 rings (SSSR count). The summed E-state index contributed by atoms with van der Waals surface area (Å²) in [6.07, 6.45) is 0. The zero-order valence-corrected chi connectivity index (χ0v) is 13.3. The van der Waals surface area contributed by atoms with E-state index in [2.05, 4.69) is 14.9 Å². The zero-order valence-electron chi connectivity index (χ0n) is 11.7. The van der Waals surface area contributed by atoms with Crippen molar-refractivity contribution in [2.45, 2.75) is 19.6 Å². The van der Waals surface area contributed by atoms with Crippen molar-refractivity contribution in [2.24, 2.45) is 5.73 Å². The van der Waals surface area contributed by atoms with E-state index in [0.29, 0.717) is 28.2 Å². The summed E-state index contributed by atoms with van der Waals surface area (Å²) in [5.74, 6) is -0.159. The highest BCUT2D eigenvalue weighted by Gasteiger charge is 2.16. The van der Waals surface area contributed by atoms with Gasteiger partial charge in [-0.1, -0.05) is 30.4 Å². The SMILES string of the molecule is Cc1n[nH]c(C)c1NS(=O)(=O)Cc1cccc(C(N)=S)c1. The Hall–Kier alpha value is -1.93. The molecule has 112 valence electrons. The number of rotatable bonds is 5. The van der Waals surface area contributed by atoms with Gasteiger partial charge in [-0.05, 0) is 25.5 Å². The van der Waals surface area contributed by atoms with Crippen molar-refractivity contribution < 1.29 is 8.42 Å². The van der Waals surface area contributed by atoms with E-state index in [1.807, 2.05) is 0 Å². The molecule has 0 aliphatic heterocycles. The van der Waals surface area contributed by atoms with Crippen molar-refractivity contribution in [2.75, 3.05) is 4.72 Å². The van der Waals surface area contributed by atoms with Crippen molar-refractivity contribution >= 4 is 32.9 Å². The minimum Gasteiger partial charge on any atom is -0.389 e. The van der Waals surface area contributed by atoms with Gasteiger partial charge in [0.05, 0.1) is 22.8 Å². The molecule has 4 N–H and O–H groups in total. The number of H-pyrrole nitrogens is 1. The normalized spacial score (nSPS) is 11.3. The molecule has 0 unspecified atom stereocenters. The summed E-state index contributed by atoms with van der Waals surface area (Å²) in [5, 5.41) is 6.70. The molecule has 0 saturated carbocycles. The van der Waals surface area contributed by atoms with Gasteiger partial charge in [-0.3, -0.25) is 9.82 Å². The summed E-state index contributed by atoms with van der Waals surface area (Å²) in [6, 6.07) is 6.87. The molecule has 0 bridgehead atoms. The predicted molar refractivity (Wildman–Crippen MR) is 86.6 cm³/mol. The smallest absolute Gasteiger partial charge is 0.237 e. The monoisotopic (exact) mass is 324 g/mol. The lowest BCUT2D eigenvalue weighted by molar-refractivity contribution is 0.600. The molecule has 8 heteroatoms. The first-order valence-corrected chi connectivity index (χ1v) is 8.25. The first-order valence-electron chi connectivity index (χ1n) is 6.19. The Labute approximate surface area is 128 Å². The van der Waals surface area contributed by atoms with Crippen molar-refractivity contribution in [3.05, 3.63) is 46.8 Å². The summed E-state index contributed by atoms with van der Waals surface area (Å²) in [7, 11) is -3.54. The number of aryl methyl sites for hydroxylation is 2. The maximum atomic E-state index is 12.2. The third-order valence-electron chi connectivity index (χ3n) is 2.95. The molecule has 2 aromatic rings. The molecule has 21 heavy (non-hydrogen) atoms. The van der Waals surface area contributed by atoms with E-state index < -0.39 is 10.0 Å². The average molecular weight is 324 g/mol. The van der Waals surface area contributed by atoms with E-state index >= 15 is 0 Å². The molecule has 0 radical (unpaired) electrons. The van der Waals surface area contributed by atoms with E-state index in [9.17, 15) is 8.42 Å². The second-order valence-electron chi connectivity index (χ2n) is 4.73. The Morgan fingerprint density at radius 2 is 2.14 bits per heavy atom. The van der Waals surface area contributed by atoms with Crippen LogP contribution < -0.4 is 10.5 Å². The van der Waals surface area contributed by atoms with Crippen molar-refractivity contribution in [3.8, 4) is 0 Å². The number of nitrogens with one attached hydrogen (secondary N) is 2. The fourth-order valence-corrected chi connectivity index (χ4v) is 3.36. The number of benzene rings is 1. The van der Waals surface area contributed by atoms with Gasteiger partial charge in [0.25, 0.3) is 0 Å². The predicted octanol–water partition coefficient (Wildman–Crippen LogP) is 1.60. The van der Waals surface area contributed by atoms with Gasteiger partial charge in [0, 0.05) is 5.56 Å². The molecule has 0 amide bonds. The first kappa shape index (κ1) is 15.5. The summed E-state index contributed by atoms with van der Waals surface area (Å²) < 4.78 is 27.0. The van der Waals surface area contributed by atoms with Crippen LogP contribution in [0, 0.1) is 13.8 Å². The number of anilines is 1. The van der Waals surface area contributed by atoms with E-state index in [1.54, 1.807) is 38.1 Å². The minimum atomic E-state index is -3.54. The Bertz CT molecular complexity index is 762. The summed E-state index contributed by atoms with van der Waals surface area (Å²) in [6.45, 7) is 3.49. The fraction of sp³-hybridized carbons (Fsp3) is 0.231. The molecule has 1 aromatic heterocycles. The number of aromatic nitrogens is 2. The topological polar surface area (TPSA) is 101 Å². The second kappa shape index (κ2) is 5.82. The fourth-order valence-electron chi connectivity index (χ4n) is 1.93. The molecule has 0 aliphatic rings. The summed E-state index contributed by atoms with van der Waals surface area (Å²) in [4.78, 5) is 0.240. The number of nitrogens with zero attached hydrogens (tertiary/aromatic N) is 1. The first-order chi connectivity index (χ1) is 9.78. The molecule has 1 heterocycles. The van der Waals surface area contributed by atoms with Crippen LogP contribution in [0.3, 0.4) is 0 Å². The average Bonchev–Trinajstić information content (AvgIpc) is 2.70. The maximum Gasteiger partial charge on any atom is 0.237 e. The van der Waals surface area contributed by atoms with Gasteiger partial charge in [0.2, 0.25) is 10.0 Å². The number of thiocarbonyl (C=S) groups is 1. The van der Waals surface area contributed by atoms with E-state index in [1.165, 1.54) is 0 Å². The largest absolute Gasteiger partial charge is 0.389 e. The van der Waals surface area contributed by atoms with Gasteiger partial charge in [0.15, 0.2) is 0 Å². The molecule has 0 spiro atoms. The van der Waals surface area contributed by atoms with Gasteiger partial charge in [0.1, 0.15) is 4.99 Å². The molecule has 0 aliphatic carbocycles. The Kier molecular flexibility index (Phi) is 4.29. The van der Waals surface area contributed by atoms with Gasteiger partial charge in [-0.25, -0.2) is 8.42 Å². The maximum absolute atomic E-state index is 12.2. The Morgan fingerprint density at radius 3 is 2.71 bits per heavy atom. The molecule has 6 nitrogen and oxygen atoms in total. The van der Waals surface area contributed by atoms with Crippen LogP contribution in [0.1, 0.15) is 22.5 Å². The van der Waals surface area contributed by atoms with Crippen LogP contribution in [0.25, 0.3) is 0 Å². The highest BCUT2D eigenvalue weighted by molar-refractivity contribution is 7.91. The van der Waals surface area contributed by atoms with Crippen LogP contribution in [0.2, 0.25) is 0 Å². The van der Waals surface area contributed by atoms with Crippen molar-refractivity contribution in [1.82, 2.24) is 10.2 Å². The van der Waals surface area contributed by atoms with E-state index in [-0.39, 0.29) is 10.7 Å². The standard InChI is InChI=1S/C13H16N4O2S2/c1-8-12(9(2)16-15-8)17-21(18,19)7-10-4-3-5-11(6-10)13(14)20/h3-6,17H,7H2,1-2H3,(H2,14,20)(H,15,16). The highest BCUT2D eigenvalue weighted by atomic mass is 32.2. The quantitative estimate of drug-likeness (QED) is 0.725. The molecular formula is C13H16N4O2S2. The minimum absolute atomic E-state index is 0.159. The van der Waals surface area contributed by atoms with Crippen LogP contribution >= 0.6 is 12.2 Å². The Balaban J connectivity index is 2.22. The van der Waals surface area contributed by atoms with Crippen LogP contribution in [-0.2, 0) is 15.8 Å². The lowest BCUT2D eigenvalue weighted by Gasteiger charge is -2.09.